The first-order chi connectivity index (χ1) is 9.42. The lowest BCUT2D eigenvalue weighted by molar-refractivity contribution is -0.148. The summed E-state index contributed by atoms with van der Waals surface area (Å²) in [6.45, 7) is 6.71. The monoisotopic (exact) mass is 292 g/mol. The highest BCUT2D eigenvalue weighted by Crippen LogP contribution is 2.34. The molecule has 2 rings (SSSR count). The summed E-state index contributed by atoms with van der Waals surface area (Å²) in [6.07, 6.45) is 0.480. The first kappa shape index (κ1) is 17.3. The minimum absolute atomic E-state index is 0.0404. The number of aliphatic hydroxyl groups excluding tert-OH is 1. The van der Waals surface area contributed by atoms with E-state index in [1.165, 1.54) is 9.80 Å². The molecule has 1 atom stereocenters. The minimum Gasteiger partial charge on any atom is -0.389 e. The summed E-state index contributed by atoms with van der Waals surface area (Å²) in [7, 11) is 0. The van der Waals surface area contributed by atoms with E-state index < -0.39 is 17.9 Å². The number of aliphatic hydroxyl groups is 1. The number of rotatable bonds is 3. The third kappa shape index (κ3) is 4.12. The fourth-order valence-electron chi connectivity index (χ4n) is 2.64. The number of hydrogen-bond acceptors (Lipinski definition) is 3. The molecule has 2 aliphatic heterocycles. The van der Waals surface area contributed by atoms with Gasteiger partial charge in [0.25, 0.3) is 5.92 Å². The molecule has 0 saturated carbocycles. The zero-order valence-corrected chi connectivity index (χ0v) is 12.6. The Kier molecular flexibility index (Phi) is 6.33. The second kappa shape index (κ2) is 7.31. The third-order valence-electron chi connectivity index (χ3n) is 3.89. The standard InChI is InChI=1S/C12H20F2N2O2.C2H6/c1-2-9-3-4-15(8-12(9,13)14)7-11(18)16-5-10(17)6-16;1-2/h9-10,17H,2-8H2,1H3;1-2H3. The van der Waals surface area contributed by atoms with Gasteiger partial charge in [-0.25, -0.2) is 8.78 Å². The van der Waals surface area contributed by atoms with Crippen molar-refractivity contribution in [1.29, 1.82) is 0 Å². The van der Waals surface area contributed by atoms with Crippen molar-refractivity contribution in [2.24, 2.45) is 5.92 Å². The van der Waals surface area contributed by atoms with Gasteiger partial charge in [-0.3, -0.25) is 9.69 Å². The van der Waals surface area contributed by atoms with Crippen LogP contribution in [-0.2, 0) is 4.79 Å². The summed E-state index contributed by atoms with van der Waals surface area (Å²) < 4.78 is 27.4. The minimum atomic E-state index is -2.69. The summed E-state index contributed by atoms with van der Waals surface area (Å²) in [5.74, 6) is -3.41. The molecule has 0 spiro atoms. The Labute approximate surface area is 119 Å². The molecule has 6 heteroatoms. The number of likely N-dealkylation sites (tertiary alicyclic amines) is 2. The van der Waals surface area contributed by atoms with Crippen LogP contribution in [-0.4, -0.2) is 65.6 Å². The third-order valence-corrected chi connectivity index (χ3v) is 3.89. The average molecular weight is 292 g/mol. The van der Waals surface area contributed by atoms with Crippen LogP contribution in [0.3, 0.4) is 0 Å². The lowest BCUT2D eigenvalue weighted by Gasteiger charge is -2.40. The first-order valence-corrected chi connectivity index (χ1v) is 7.48. The van der Waals surface area contributed by atoms with Gasteiger partial charge in [0, 0.05) is 19.0 Å². The van der Waals surface area contributed by atoms with Crippen LogP contribution in [0.25, 0.3) is 0 Å². The van der Waals surface area contributed by atoms with Gasteiger partial charge in [-0.15, -0.1) is 0 Å². The summed E-state index contributed by atoms with van der Waals surface area (Å²) in [6, 6.07) is 0. The maximum Gasteiger partial charge on any atom is 0.263 e. The number of halogens is 2. The van der Waals surface area contributed by atoms with Gasteiger partial charge in [-0.1, -0.05) is 20.8 Å². The largest absolute Gasteiger partial charge is 0.389 e. The summed E-state index contributed by atoms with van der Waals surface area (Å²) in [4.78, 5) is 14.8. The van der Waals surface area contributed by atoms with E-state index >= 15 is 0 Å². The molecule has 0 bridgehead atoms. The van der Waals surface area contributed by atoms with E-state index in [0.29, 0.717) is 32.5 Å². The van der Waals surface area contributed by atoms with Gasteiger partial charge in [0.1, 0.15) is 0 Å². The Bertz CT molecular complexity index is 320. The van der Waals surface area contributed by atoms with Crippen molar-refractivity contribution < 1.29 is 18.7 Å². The van der Waals surface area contributed by atoms with Crippen molar-refractivity contribution in [3.8, 4) is 0 Å². The number of alkyl halides is 2. The normalized spacial score (nSPS) is 26.5. The molecule has 20 heavy (non-hydrogen) atoms. The molecule has 118 valence electrons. The summed E-state index contributed by atoms with van der Waals surface area (Å²) >= 11 is 0. The molecular formula is C14H26F2N2O2. The molecule has 1 unspecified atom stereocenters. The van der Waals surface area contributed by atoms with Crippen LogP contribution in [0.15, 0.2) is 0 Å². The molecule has 0 radical (unpaired) electrons. The van der Waals surface area contributed by atoms with Gasteiger partial charge in [0.15, 0.2) is 0 Å². The second-order valence-corrected chi connectivity index (χ2v) is 5.32. The van der Waals surface area contributed by atoms with Crippen LogP contribution in [0.4, 0.5) is 8.78 Å². The highest BCUT2D eigenvalue weighted by atomic mass is 19.3. The van der Waals surface area contributed by atoms with Gasteiger partial charge >= 0.3 is 0 Å². The number of carbonyl (C=O) groups is 1. The lowest BCUT2D eigenvalue weighted by Crippen LogP contribution is -2.57. The van der Waals surface area contributed by atoms with Crippen LogP contribution in [0.5, 0.6) is 0 Å². The van der Waals surface area contributed by atoms with Crippen LogP contribution >= 0.6 is 0 Å². The molecule has 2 fully saturated rings. The van der Waals surface area contributed by atoms with Gasteiger partial charge in [-0.2, -0.15) is 0 Å². The van der Waals surface area contributed by atoms with Gasteiger partial charge in [-0.05, 0) is 19.4 Å². The predicted molar refractivity (Wildman–Crippen MR) is 73.7 cm³/mol. The molecule has 0 aromatic carbocycles. The number of carbonyl (C=O) groups excluding carboxylic acids is 1. The highest BCUT2D eigenvalue weighted by molar-refractivity contribution is 5.79. The van der Waals surface area contributed by atoms with E-state index in [4.69, 9.17) is 5.11 Å². The maximum absolute atomic E-state index is 13.7. The molecule has 1 N–H and O–H groups in total. The van der Waals surface area contributed by atoms with Crippen molar-refractivity contribution in [3.05, 3.63) is 0 Å². The highest BCUT2D eigenvalue weighted by Gasteiger charge is 2.44. The van der Waals surface area contributed by atoms with Crippen molar-refractivity contribution in [2.75, 3.05) is 32.7 Å². The SMILES string of the molecule is CC.CCC1CCN(CC(=O)N2CC(O)C2)CC1(F)F. The Morgan fingerprint density at radius 1 is 1.35 bits per heavy atom. The zero-order valence-electron chi connectivity index (χ0n) is 12.6. The molecule has 0 aromatic rings. The van der Waals surface area contributed by atoms with E-state index in [2.05, 4.69) is 0 Å². The number of nitrogens with zero attached hydrogens (tertiary/aromatic N) is 2. The van der Waals surface area contributed by atoms with Crippen molar-refractivity contribution in [3.63, 3.8) is 0 Å². The Hall–Kier alpha value is -0.750. The van der Waals surface area contributed by atoms with E-state index in [0.717, 1.165) is 0 Å². The molecule has 1 amide bonds. The van der Waals surface area contributed by atoms with E-state index in [1.807, 2.05) is 13.8 Å². The van der Waals surface area contributed by atoms with Crippen molar-refractivity contribution in [1.82, 2.24) is 9.80 Å². The van der Waals surface area contributed by atoms with Crippen LogP contribution < -0.4 is 0 Å². The summed E-state index contributed by atoms with van der Waals surface area (Å²) in [5, 5.41) is 9.10. The quantitative estimate of drug-likeness (QED) is 0.859. The lowest BCUT2D eigenvalue weighted by atomic mass is 9.90. The second-order valence-electron chi connectivity index (χ2n) is 5.32. The fraction of sp³-hybridized carbons (Fsp3) is 0.929. The topological polar surface area (TPSA) is 43.8 Å². The van der Waals surface area contributed by atoms with E-state index in [-0.39, 0.29) is 19.0 Å². The van der Waals surface area contributed by atoms with Gasteiger partial charge in [0.05, 0.1) is 19.2 Å². The molecule has 2 saturated heterocycles. The van der Waals surface area contributed by atoms with Crippen LogP contribution in [0.1, 0.15) is 33.6 Å². The molecule has 4 nitrogen and oxygen atoms in total. The molecular weight excluding hydrogens is 266 g/mol. The molecule has 0 aliphatic carbocycles. The predicted octanol–water partition coefficient (Wildman–Crippen LogP) is 1.58. The number of β-amino-alcohol motifs (C(OH)–C–C–N with tert-alkyl or cyclic N) is 1. The van der Waals surface area contributed by atoms with E-state index in [1.54, 1.807) is 6.92 Å². The van der Waals surface area contributed by atoms with Gasteiger partial charge < -0.3 is 10.0 Å². The molecule has 0 aromatic heterocycles. The fourth-order valence-corrected chi connectivity index (χ4v) is 2.64. The first-order valence-electron chi connectivity index (χ1n) is 7.48. The number of amides is 1. The van der Waals surface area contributed by atoms with E-state index in [9.17, 15) is 13.6 Å². The maximum atomic E-state index is 13.7. The van der Waals surface area contributed by atoms with Crippen molar-refractivity contribution in [2.45, 2.75) is 45.6 Å². The Morgan fingerprint density at radius 3 is 2.40 bits per heavy atom. The van der Waals surface area contributed by atoms with Crippen LogP contribution in [0.2, 0.25) is 0 Å². The van der Waals surface area contributed by atoms with Crippen molar-refractivity contribution >= 4 is 5.91 Å². The Balaban J connectivity index is 0.000000956. The zero-order chi connectivity index (χ0) is 15.3. The van der Waals surface area contributed by atoms with Gasteiger partial charge in [0.2, 0.25) is 5.91 Å². The molecule has 2 heterocycles. The average Bonchev–Trinajstić information content (AvgIpc) is 2.36. The number of hydrogen-bond donors (Lipinski definition) is 1. The smallest absolute Gasteiger partial charge is 0.263 e. The van der Waals surface area contributed by atoms with Crippen LogP contribution in [0, 0.1) is 5.92 Å². The Morgan fingerprint density at radius 2 is 1.95 bits per heavy atom. The summed E-state index contributed by atoms with van der Waals surface area (Å²) in [5.41, 5.74) is 0. The number of piperidine rings is 1. The molecule has 2 aliphatic rings.